The number of ether oxygens (including phenoxy) is 3. The Morgan fingerprint density at radius 3 is 1.36 bits per heavy atom. The molecule has 444 valence electrons. The van der Waals surface area contributed by atoms with Crippen LogP contribution in [0.4, 0.5) is 0 Å². The summed E-state index contributed by atoms with van der Waals surface area (Å²) in [4.78, 5) is 26.5. The maximum atomic E-state index is 13.4. The maximum absolute atomic E-state index is 13.4. The Labute approximate surface area is 470 Å². The van der Waals surface area contributed by atoms with Crippen molar-refractivity contribution in [1.29, 1.82) is 0 Å². The molecule has 1 heterocycles. The zero-order valence-electron chi connectivity index (χ0n) is 49.1. The molecule has 0 bridgehead atoms. The highest BCUT2D eigenvalue weighted by Gasteiger charge is 2.47. The Morgan fingerprint density at radius 1 is 0.506 bits per heavy atom. The van der Waals surface area contributed by atoms with Crippen LogP contribution in [0.3, 0.4) is 0 Å². The summed E-state index contributed by atoms with van der Waals surface area (Å²) in [6, 6.07) is -1.04. The first-order valence-electron chi connectivity index (χ1n) is 31.4. The number of unbranched alkanes of at least 4 members (excludes halogenated alkanes) is 26. The van der Waals surface area contributed by atoms with Gasteiger partial charge in [-0.15, -0.1) is 0 Å². The lowest BCUT2D eigenvalue weighted by Crippen LogP contribution is -2.61. The summed E-state index contributed by atoms with van der Waals surface area (Å²) in [6.45, 7) is 5.71. The molecule has 1 aliphatic rings. The van der Waals surface area contributed by atoms with E-state index in [1.807, 2.05) is 6.08 Å². The van der Waals surface area contributed by atoms with Crippen LogP contribution in [0.25, 0.3) is 0 Å². The number of rotatable bonds is 52. The highest BCUT2D eigenvalue weighted by Crippen LogP contribution is 2.26. The number of aliphatic hydroxyl groups excluding tert-OH is 5. The Balaban J connectivity index is 2.69. The van der Waals surface area contributed by atoms with E-state index in [2.05, 4.69) is 99.0 Å². The Hall–Kier alpha value is -3.16. The van der Waals surface area contributed by atoms with E-state index >= 15 is 0 Å². The van der Waals surface area contributed by atoms with E-state index in [0.717, 1.165) is 96.3 Å². The molecule has 8 atom stereocenters. The van der Waals surface area contributed by atoms with E-state index < -0.39 is 67.4 Å². The van der Waals surface area contributed by atoms with Gasteiger partial charge in [-0.2, -0.15) is 0 Å². The van der Waals surface area contributed by atoms with Gasteiger partial charge in [0.1, 0.15) is 24.4 Å². The van der Waals surface area contributed by atoms with E-state index in [-0.39, 0.29) is 19.4 Å². The first kappa shape index (κ1) is 71.9. The number of allylic oxidation sites excluding steroid dienone is 13. The smallest absolute Gasteiger partial charge is 0.306 e. The summed E-state index contributed by atoms with van der Waals surface area (Å²) in [5.41, 5.74) is 0. The van der Waals surface area contributed by atoms with Crippen molar-refractivity contribution in [2.75, 3.05) is 13.2 Å². The van der Waals surface area contributed by atoms with Crippen molar-refractivity contribution in [3.05, 3.63) is 85.1 Å². The van der Waals surface area contributed by atoms with Crippen LogP contribution in [0.1, 0.15) is 258 Å². The molecule has 0 aromatic carbocycles. The van der Waals surface area contributed by atoms with Crippen molar-refractivity contribution in [3.63, 3.8) is 0 Å². The minimum Gasteiger partial charge on any atom is -0.454 e. The predicted octanol–water partition coefficient (Wildman–Crippen LogP) is 14.9. The molecule has 1 fully saturated rings. The summed E-state index contributed by atoms with van der Waals surface area (Å²) >= 11 is 0. The van der Waals surface area contributed by atoms with E-state index in [1.165, 1.54) is 116 Å². The summed E-state index contributed by atoms with van der Waals surface area (Å²) < 4.78 is 17.6. The molecule has 1 aliphatic heterocycles. The van der Waals surface area contributed by atoms with Crippen LogP contribution in [-0.4, -0.2) is 99.6 Å². The van der Waals surface area contributed by atoms with Gasteiger partial charge in [0, 0.05) is 6.42 Å². The molecular weight excluding hydrogens is 967 g/mol. The summed E-state index contributed by atoms with van der Waals surface area (Å²) in [5, 5.41) is 57.0. The minimum absolute atomic E-state index is 0.0824. The normalized spacial score (nSPS) is 19.6. The van der Waals surface area contributed by atoms with Crippen molar-refractivity contribution in [3.8, 4) is 0 Å². The van der Waals surface area contributed by atoms with Crippen LogP contribution >= 0.6 is 0 Å². The van der Waals surface area contributed by atoms with Gasteiger partial charge in [-0.25, -0.2) is 0 Å². The largest absolute Gasteiger partial charge is 0.454 e. The molecule has 11 nitrogen and oxygen atoms in total. The van der Waals surface area contributed by atoms with Gasteiger partial charge in [0.15, 0.2) is 12.4 Å². The Kier molecular flexibility index (Phi) is 49.9. The quantitative estimate of drug-likeness (QED) is 0.0195. The molecule has 8 unspecified atom stereocenters. The van der Waals surface area contributed by atoms with E-state index in [9.17, 15) is 35.1 Å². The fraction of sp³-hybridized carbons (Fsp3) is 0.758. The maximum Gasteiger partial charge on any atom is 0.306 e. The summed E-state index contributed by atoms with van der Waals surface area (Å²) in [7, 11) is 0. The van der Waals surface area contributed by atoms with Gasteiger partial charge in [0.05, 0.1) is 25.4 Å². The SMILES string of the molecule is CCCCC/C=C\C/C=C\C/C=C\C/C=C\CCCCCC(=O)OC1C(OCC(NC(=O)C(O)CCCCCCCCCC/C=C\C/C=C\CCCCC)C(O)/C=C/CCCCCCCCCCC)OC(CO)C(O)C1O. The number of hydrogen-bond donors (Lipinski definition) is 6. The third-order valence-electron chi connectivity index (χ3n) is 14.3. The molecule has 11 heteroatoms. The molecule has 0 radical (unpaired) electrons. The second-order valence-electron chi connectivity index (χ2n) is 21.4. The Morgan fingerprint density at radius 2 is 0.896 bits per heavy atom. The highest BCUT2D eigenvalue weighted by atomic mass is 16.7. The van der Waals surface area contributed by atoms with Gasteiger partial charge in [-0.1, -0.05) is 234 Å². The molecule has 0 aromatic rings. The van der Waals surface area contributed by atoms with Crippen LogP contribution in [0, 0.1) is 0 Å². The molecule has 1 rings (SSSR count). The topological polar surface area (TPSA) is 175 Å². The van der Waals surface area contributed by atoms with Gasteiger partial charge in [0.25, 0.3) is 0 Å². The number of aliphatic hydroxyl groups is 5. The molecule has 6 N–H and O–H groups in total. The molecule has 0 aliphatic carbocycles. The van der Waals surface area contributed by atoms with Crippen molar-refractivity contribution in [1.82, 2.24) is 5.32 Å². The highest BCUT2D eigenvalue weighted by molar-refractivity contribution is 5.80. The lowest BCUT2D eigenvalue weighted by atomic mass is 9.99. The predicted molar refractivity (Wildman–Crippen MR) is 319 cm³/mol. The molecule has 1 amide bonds. The van der Waals surface area contributed by atoms with Crippen LogP contribution in [0.2, 0.25) is 0 Å². The van der Waals surface area contributed by atoms with Crippen molar-refractivity contribution >= 4 is 11.9 Å². The monoisotopic (exact) mass is 1080 g/mol. The average Bonchev–Trinajstić information content (AvgIpc) is 3.43. The average molecular weight is 1080 g/mol. The van der Waals surface area contributed by atoms with Gasteiger partial charge in [-0.05, 0) is 103 Å². The van der Waals surface area contributed by atoms with Crippen LogP contribution in [-0.2, 0) is 23.8 Å². The second-order valence-corrected chi connectivity index (χ2v) is 21.4. The van der Waals surface area contributed by atoms with Crippen molar-refractivity contribution < 1.29 is 49.3 Å². The summed E-state index contributed by atoms with van der Waals surface area (Å²) in [6.07, 6.45) is 59.0. The zero-order chi connectivity index (χ0) is 56.1. The van der Waals surface area contributed by atoms with Gasteiger partial charge < -0.3 is 45.1 Å². The van der Waals surface area contributed by atoms with Crippen molar-refractivity contribution in [2.24, 2.45) is 0 Å². The standard InChI is InChI=1S/C66H115NO10/c1-4-7-10-13-16-19-22-24-26-28-30-32-34-36-39-42-45-48-51-54-61(71)77-64-63(73)62(72)60(55-68)76-66(64)75-56-57(58(69)52-49-46-43-40-37-21-18-15-12-9-6-3)67-65(74)59(70)53-50-47-44-41-38-35-33-31-29-27-25-23-20-17-14-11-8-5-2/h16-17,19-20,24-27,30,32,36,39,49,52,57-60,62-64,66,68-70,72-73H,4-15,18,21-23,28-29,31,33-35,37-38,40-48,50-51,53-56H2,1-3H3,(H,67,74)/b19-16-,20-17-,26-24-,27-25-,32-30-,39-36-,52-49+. The van der Waals surface area contributed by atoms with E-state index in [0.29, 0.717) is 12.8 Å². The van der Waals surface area contributed by atoms with Crippen LogP contribution in [0.15, 0.2) is 85.1 Å². The third kappa shape index (κ3) is 41.5. The van der Waals surface area contributed by atoms with Crippen molar-refractivity contribution in [2.45, 2.75) is 307 Å². The van der Waals surface area contributed by atoms with E-state index in [4.69, 9.17) is 14.2 Å². The number of carbonyl (C=O) groups excluding carboxylic acids is 2. The first-order valence-corrected chi connectivity index (χ1v) is 31.4. The van der Waals surface area contributed by atoms with Crippen LogP contribution < -0.4 is 5.32 Å². The molecular formula is C66H115NO10. The molecule has 0 spiro atoms. The van der Waals surface area contributed by atoms with E-state index in [1.54, 1.807) is 6.08 Å². The van der Waals surface area contributed by atoms with Gasteiger partial charge in [0.2, 0.25) is 5.91 Å². The first-order chi connectivity index (χ1) is 37.7. The third-order valence-corrected chi connectivity index (χ3v) is 14.3. The number of hydrogen-bond acceptors (Lipinski definition) is 10. The van der Waals surface area contributed by atoms with Gasteiger partial charge >= 0.3 is 5.97 Å². The molecule has 0 saturated carbocycles. The molecule has 1 saturated heterocycles. The Bertz CT molecular complexity index is 1570. The fourth-order valence-electron chi connectivity index (χ4n) is 9.25. The molecule has 77 heavy (non-hydrogen) atoms. The lowest BCUT2D eigenvalue weighted by Gasteiger charge is -2.41. The zero-order valence-corrected chi connectivity index (χ0v) is 49.1. The van der Waals surface area contributed by atoms with Crippen LogP contribution in [0.5, 0.6) is 0 Å². The second kappa shape index (κ2) is 53.5. The lowest BCUT2D eigenvalue weighted by molar-refractivity contribution is -0.305. The van der Waals surface area contributed by atoms with Gasteiger partial charge in [-0.3, -0.25) is 9.59 Å². The number of nitrogens with one attached hydrogen (secondary N) is 1. The molecule has 0 aromatic heterocycles. The fourth-order valence-corrected chi connectivity index (χ4v) is 9.25. The number of esters is 1. The number of carbonyl (C=O) groups is 2. The number of amides is 1. The summed E-state index contributed by atoms with van der Waals surface area (Å²) in [5.74, 6) is -1.23. The minimum atomic E-state index is -1.63.